The molecular weight excluding hydrogens is 1280 g/mol. The maximum absolute atomic E-state index is 11.8. The van der Waals surface area contributed by atoms with Crippen molar-refractivity contribution < 1.29 is 78.1 Å². The summed E-state index contributed by atoms with van der Waals surface area (Å²) in [5.41, 5.74) is 6.34. The first-order valence-electron chi connectivity index (χ1n) is 30.1. The van der Waals surface area contributed by atoms with Crippen molar-refractivity contribution in [3.63, 3.8) is 0 Å². The minimum Gasteiger partial charge on any atom is -0.507 e. The Hall–Kier alpha value is -0.817. The van der Waals surface area contributed by atoms with Crippen molar-refractivity contribution >= 4 is 12.4 Å². The first kappa shape index (κ1) is 72.2. The van der Waals surface area contributed by atoms with Gasteiger partial charge in [-0.3, -0.25) is 9.98 Å². The predicted molar refractivity (Wildman–Crippen MR) is 308 cm³/mol. The van der Waals surface area contributed by atoms with Gasteiger partial charge in [0.05, 0.1) is 64.4 Å². The molecule has 2 aromatic rings. The van der Waals surface area contributed by atoms with Gasteiger partial charge in [-0.2, -0.15) is 0 Å². The molecule has 1 aliphatic carbocycles. The van der Waals surface area contributed by atoms with Crippen molar-refractivity contribution in [3.05, 3.63) is 57.6 Å². The number of aromatic hydroxyl groups is 2. The van der Waals surface area contributed by atoms with Gasteiger partial charge in [-0.25, -0.2) is 0 Å². The van der Waals surface area contributed by atoms with Crippen LogP contribution in [0.5, 0.6) is 11.5 Å². The van der Waals surface area contributed by atoms with Crippen LogP contribution in [0.25, 0.3) is 0 Å². The summed E-state index contributed by atoms with van der Waals surface area (Å²) in [7, 11) is 0. The molecule has 2 aromatic carbocycles. The van der Waals surface area contributed by atoms with Crippen molar-refractivity contribution in [3.8, 4) is 11.5 Å². The van der Waals surface area contributed by atoms with E-state index in [-0.39, 0.29) is 81.8 Å². The molecule has 421 valence electrons. The van der Waals surface area contributed by atoms with E-state index in [1.165, 1.54) is 201 Å². The van der Waals surface area contributed by atoms with E-state index in [9.17, 15) is 10.2 Å². The number of nitrogens with zero attached hydrogens (tertiary/aromatic N) is 4. The van der Waals surface area contributed by atoms with Gasteiger partial charge in [-0.15, -0.1) is 0 Å². The second-order valence-electron chi connectivity index (χ2n) is 23.6. The fourth-order valence-corrected chi connectivity index (χ4v) is 12.2. The quantitative estimate of drug-likeness (QED) is 0.0520. The van der Waals surface area contributed by atoms with Gasteiger partial charge in [-0.1, -0.05) is 158 Å². The Bertz CT molecular complexity index is 1730. The Morgan fingerprint density at radius 2 is 0.712 bits per heavy atom. The molecule has 0 aliphatic heterocycles. The molecule has 0 unspecified atom stereocenters. The van der Waals surface area contributed by atoms with E-state index in [0.717, 1.165) is 60.8 Å². The zero-order chi connectivity index (χ0) is 51.5. The molecule has 73 heavy (non-hydrogen) atoms. The number of aryl methyl sites for hydroxylation is 2. The van der Waals surface area contributed by atoms with Crippen LogP contribution >= 0.6 is 0 Å². The van der Waals surface area contributed by atoms with Crippen LogP contribution in [0, 0.1) is 13.8 Å². The Labute approximate surface area is 491 Å². The van der Waals surface area contributed by atoms with E-state index in [1.807, 2.05) is 19.4 Å². The Morgan fingerprint density at radius 1 is 0.452 bits per heavy atom. The Kier molecular flexibility index (Phi) is 38.3. The van der Waals surface area contributed by atoms with Crippen LogP contribution in [-0.4, -0.2) is 96.1 Å². The molecule has 0 spiro atoms. The van der Waals surface area contributed by atoms with Crippen molar-refractivity contribution in [2.45, 2.75) is 273 Å². The Balaban J connectivity index is 0.0000173. The molecule has 0 heterocycles. The number of quaternary nitrogens is 2. The molecule has 2 N–H and O–H groups in total. The second kappa shape index (κ2) is 38.7. The molecule has 9 heteroatoms. The van der Waals surface area contributed by atoms with Gasteiger partial charge < -0.3 is 19.2 Å². The van der Waals surface area contributed by atoms with E-state index in [2.05, 4.69) is 100 Å². The molecule has 1 radical (unpaired) electrons. The second-order valence-corrected chi connectivity index (χ2v) is 23.6. The molecule has 1 saturated carbocycles. The number of rotatable bonds is 38. The van der Waals surface area contributed by atoms with Crippen LogP contribution in [0.1, 0.15) is 270 Å². The van der Waals surface area contributed by atoms with Crippen LogP contribution in [0.2, 0.25) is 0 Å². The van der Waals surface area contributed by atoms with Crippen LogP contribution in [0.4, 0.5) is 0 Å². The number of phenols is 2. The van der Waals surface area contributed by atoms with Gasteiger partial charge in [0.1, 0.15) is 11.5 Å². The van der Waals surface area contributed by atoms with Crippen molar-refractivity contribution in [2.24, 2.45) is 9.98 Å². The smallest absolute Gasteiger partial charge is 0.127 e. The molecule has 3 rings (SSSR count). The third-order valence-corrected chi connectivity index (χ3v) is 17.4. The predicted octanol–water partition coefficient (Wildman–Crippen LogP) is 17.4. The van der Waals surface area contributed by atoms with Crippen molar-refractivity contribution in [1.29, 1.82) is 0 Å². The molecular formula is C64H114CoN4O2W2+2. The number of phenolic OH excluding ortho intramolecular Hbond substituents is 2. The average Bonchev–Trinajstić information content (AvgIpc) is 3.36. The van der Waals surface area contributed by atoms with Crippen LogP contribution in [0.3, 0.4) is 0 Å². The van der Waals surface area contributed by atoms with E-state index < -0.39 is 0 Å². The number of aliphatic imine (C=N–C) groups is 2. The Morgan fingerprint density at radius 3 is 0.986 bits per heavy atom. The molecule has 1 fully saturated rings. The molecule has 0 bridgehead atoms. The summed E-state index contributed by atoms with van der Waals surface area (Å²) in [6.07, 6.45) is 35.6. The number of unbranched alkanes of at least 4 members (excludes halogenated alkanes) is 8. The summed E-state index contributed by atoms with van der Waals surface area (Å²) in [6, 6.07) is 9.18. The molecule has 0 saturated heterocycles. The summed E-state index contributed by atoms with van der Waals surface area (Å²) in [5, 5.41) is 23.2. The summed E-state index contributed by atoms with van der Waals surface area (Å²) in [6.45, 7) is 38.3. The number of hydrogen-bond donors (Lipinski definition) is 2. The molecule has 2 atom stereocenters. The minimum atomic E-state index is -0.0115. The average molecular weight is 1400 g/mol. The fourth-order valence-electron chi connectivity index (χ4n) is 12.2. The topological polar surface area (TPSA) is 65.2 Å². The third-order valence-electron chi connectivity index (χ3n) is 17.4. The molecule has 0 aromatic heterocycles. The summed E-state index contributed by atoms with van der Waals surface area (Å²) in [5.74, 6) is 0.706. The SMILES string of the molecule is CCCCC(C)(CCCC)c1cc(C)c(O)c(C=N[C@H]2CCCC[C@@H]2N=Cc2cc(C(C)(CCC[N+](CCCC)(CCCC)CCCC)CCC[N+](CCCC)(CCCC)CCCC)cc(C)c2O)c1.[Co].[W].[W]. The first-order valence-corrected chi connectivity index (χ1v) is 30.1. The monoisotopic (exact) mass is 1400 g/mol. The van der Waals surface area contributed by atoms with E-state index in [4.69, 9.17) is 9.98 Å². The fraction of sp³-hybridized carbons (Fsp3) is 0.781. The summed E-state index contributed by atoms with van der Waals surface area (Å²) >= 11 is 0. The third kappa shape index (κ3) is 23.6. The van der Waals surface area contributed by atoms with Gasteiger partial charge in [0, 0.05) is 82.5 Å². The van der Waals surface area contributed by atoms with Crippen LogP contribution in [0.15, 0.2) is 34.3 Å². The first-order chi connectivity index (χ1) is 33.7. The minimum absolute atomic E-state index is 0. The van der Waals surface area contributed by atoms with E-state index >= 15 is 0 Å². The van der Waals surface area contributed by atoms with Crippen LogP contribution in [-0.2, 0) is 69.7 Å². The van der Waals surface area contributed by atoms with Crippen molar-refractivity contribution in [1.82, 2.24) is 0 Å². The number of hydrogen-bond acceptors (Lipinski definition) is 4. The summed E-state index contributed by atoms with van der Waals surface area (Å²) < 4.78 is 2.58. The standard InChI is InChI=1S/C64H112N4O2.Co.2W/c1-13-21-35-63(11,36-22-14-2)57-47-53(9)61(69)55(49-57)51-65-59-33-29-30-34-60(59)66-52-56-50-58(48-54(10)62(56)70)64(12,37-31-45-67(39-23-15-3,40-24-16-4)41-25-17-5)38-32-46-68(42-26-18-6,43-27-19-7)44-28-20-8;;;/h47-52,59-60H,13-46H2,1-12H3;;;/p+2/t59-,60-;;;/m0.../s1. The number of benzene rings is 2. The normalized spacial score (nSPS) is 15.7. The van der Waals surface area contributed by atoms with Gasteiger partial charge in [0.25, 0.3) is 0 Å². The van der Waals surface area contributed by atoms with Gasteiger partial charge in [0.15, 0.2) is 0 Å². The largest absolute Gasteiger partial charge is 0.507 e. The van der Waals surface area contributed by atoms with Crippen LogP contribution < -0.4 is 0 Å². The summed E-state index contributed by atoms with van der Waals surface area (Å²) in [4.78, 5) is 10.6. The maximum Gasteiger partial charge on any atom is 0.127 e. The zero-order valence-corrected chi connectivity index (χ0v) is 56.4. The van der Waals surface area contributed by atoms with Crippen molar-refractivity contribution in [2.75, 3.05) is 52.4 Å². The molecule has 1 aliphatic rings. The molecule has 0 amide bonds. The van der Waals surface area contributed by atoms with E-state index in [0.29, 0.717) is 11.5 Å². The maximum atomic E-state index is 11.8. The zero-order valence-electron chi connectivity index (χ0n) is 49.5. The van der Waals surface area contributed by atoms with Gasteiger partial charge in [-0.05, 0) is 149 Å². The van der Waals surface area contributed by atoms with Gasteiger partial charge >= 0.3 is 0 Å². The van der Waals surface area contributed by atoms with E-state index in [1.54, 1.807) is 0 Å². The van der Waals surface area contributed by atoms with Gasteiger partial charge in [0.2, 0.25) is 0 Å². The molecule has 6 nitrogen and oxygen atoms in total.